The highest BCUT2D eigenvalue weighted by Crippen LogP contribution is 2.47. The molecule has 0 radical (unpaired) electrons. The third-order valence-corrected chi connectivity index (χ3v) is 7.74. The van der Waals surface area contributed by atoms with Crippen molar-refractivity contribution >= 4 is 28.2 Å². The molecule has 1 saturated carbocycles. The molecule has 0 spiro atoms. The van der Waals surface area contributed by atoms with Gasteiger partial charge >= 0.3 is 5.97 Å². The fraction of sp³-hybridized carbons (Fsp3) is 0.545. The van der Waals surface area contributed by atoms with E-state index in [2.05, 4.69) is 22.4 Å². The number of fused-ring (bicyclic) bond motifs is 1. The van der Waals surface area contributed by atoms with Crippen molar-refractivity contribution in [2.45, 2.75) is 69.8 Å². The summed E-state index contributed by atoms with van der Waals surface area (Å²) in [6.45, 7) is 2.09. The molecule has 1 fully saturated rings. The van der Waals surface area contributed by atoms with Crippen LogP contribution in [0.3, 0.4) is 0 Å². The van der Waals surface area contributed by atoms with Crippen molar-refractivity contribution in [3.05, 3.63) is 27.4 Å². The van der Waals surface area contributed by atoms with Crippen LogP contribution in [0.15, 0.2) is 15.7 Å². The average Bonchev–Trinajstić information content (AvgIpc) is 3.16. The van der Waals surface area contributed by atoms with Crippen molar-refractivity contribution in [3.8, 4) is 11.5 Å². The number of carbonyl (C=O) groups excluding carboxylic acids is 1. The molecule has 31 heavy (non-hydrogen) atoms. The molecule has 164 valence electrons. The molecule has 0 saturated heterocycles. The van der Waals surface area contributed by atoms with Gasteiger partial charge in [-0.25, -0.2) is 4.79 Å². The number of carbonyl (C=O) groups is 2. The number of aromatic nitrogens is 2. The molecule has 3 aliphatic carbocycles. The van der Waals surface area contributed by atoms with Crippen LogP contribution in [0.5, 0.6) is 0 Å². The van der Waals surface area contributed by atoms with Crippen LogP contribution in [-0.2, 0) is 27.2 Å². The summed E-state index contributed by atoms with van der Waals surface area (Å²) >= 11 is 1.49. The molecule has 1 unspecified atom stereocenters. The van der Waals surface area contributed by atoms with Crippen LogP contribution in [0.2, 0.25) is 0 Å². The van der Waals surface area contributed by atoms with E-state index in [1.54, 1.807) is 7.11 Å². The minimum absolute atomic E-state index is 0.209. The third kappa shape index (κ3) is 3.70. The number of hydrogen-bond donors (Lipinski definition) is 2. The van der Waals surface area contributed by atoms with Gasteiger partial charge in [0.05, 0.1) is 11.2 Å². The van der Waals surface area contributed by atoms with Gasteiger partial charge < -0.3 is 19.7 Å². The van der Waals surface area contributed by atoms with Gasteiger partial charge in [-0.3, -0.25) is 4.79 Å². The highest BCUT2D eigenvalue weighted by Gasteiger charge is 2.37. The lowest BCUT2D eigenvalue weighted by molar-refractivity contribution is -0.133. The maximum atomic E-state index is 13.0. The van der Waals surface area contributed by atoms with Crippen LogP contribution < -0.4 is 5.32 Å². The van der Waals surface area contributed by atoms with Crippen LogP contribution in [0.4, 0.5) is 5.00 Å². The number of rotatable bonds is 6. The van der Waals surface area contributed by atoms with Crippen LogP contribution in [-0.4, -0.2) is 39.8 Å². The van der Waals surface area contributed by atoms with Gasteiger partial charge in [0, 0.05) is 35.5 Å². The summed E-state index contributed by atoms with van der Waals surface area (Å²) in [5.74, 6) is 0.135. The van der Waals surface area contributed by atoms with Gasteiger partial charge in [-0.15, -0.1) is 11.3 Å². The second-order valence-electron chi connectivity index (χ2n) is 8.84. The van der Waals surface area contributed by atoms with E-state index in [9.17, 15) is 14.7 Å². The first kappa shape index (κ1) is 20.4. The van der Waals surface area contributed by atoms with E-state index in [4.69, 9.17) is 9.26 Å². The van der Waals surface area contributed by atoms with Gasteiger partial charge in [0.25, 0.3) is 11.8 Å². The molecule has 2 aromatic heterocycles. The highest BCUT2D eigenvalue weighted by atomic mass is 32.1. The molecule has 3 aliphatic rings. The summed E-state index contributed by atoms with van der Waals surface area (Å²) in [4.78, 5) is 30.3. The molecule has 8 nitrogen and oxygen atoms in total. The Morgan fingerprint density at radius 2 is 2.03 bits per heavy atom. The molecule has 1 atom stereocenters. The number of ether oxygens (including phenoxy) is 1. The number of aliphatic carboxylic acids is 1. The second kappa shape index (κ2) is 7.56. The smallest absolute Gasteiger partial charge is 0.332 e. The Morgan fingerprint density at radius 3 is 2.74 bits per heavy atom. The highest BCUT2D eigenvalue weighted by molar-refractivity contribution is 7.17. The predicted octanol–water partition coefficient (Wildman–Crippen LogP) is 4.07. The Balaban J connectivity index is 1.53. The van der Waals surface area contributed by atoms with Gasteiger partial charge in [-0.1, -0.05) is 5.16 Å². The van der Waals surface area contributed by atoms with Crippen molar-refractivity contribution in [1.29, 1.82) is 0 Å². The minimum Gasteiger partial charge on any atom is -0.478 e. The van der Waals surface area contributed by atoms with E-state index >= 15 is 0 Å². The standard InChI is InChI=1S/C22H25N3O5S/c1-22(29-2)9-8-14-15(10-22)31-20(16(14)19-23-17(25-30-19)11-6-7-11)24-18(26)12-4-3-5-13(12)21(27)28/h11H,3-10H2,1-2H3,(H,24,26)(H,27,28). The van der Waals surface area contributed by atoms with E-state index in [1.165, 1.54) is 11.3 Å². The lowest BCUT2D eigenvalue weighted by atomic mass is 9.84. The maximum Gasteiger partial charge on any atom is 0.332 e. The molecule has 0 aromatic carbocycles. The average molecular weight is 444 g/mol. The van der Waals surface area contributed by atoms with Gasteiger partial charge in [-0.05, 0) is 57.4 Å². The zero-order valence-electron chi connectivity index (χ0n) is 17.6. The third-order valence-electron chi connectivity index (χ3n) is 6.60. The van der Waals surface area contributed by atoms with Crippen LogP contribution in [0.1, 0.15) is 67.6 Å². The van der Waals surface area contributed by atoms with Crippen LogP contribution in [0, 0.1) is 0 Å². The molecular weight excluding hydrogens is 418 g/mol. The van der Waals surface area contributed by atoms with Gasteiger partial charge in [0.1, 0.15) is 5.00 Å². The van der Waals surface area contributed by atoms with E-state index in [1.807, 2.05) is 0 Å². The minimum atomic E-state index is -1.02. The maximum absolute atomic E-state index is 13.0. The number of nitrogens with one attached hydrogen (secondary N) is 1. The monoisotopic (exact) mass is 443 g/mol. The number of methoxy groups -OCH3 is 1. The molecule has 0 aliphatic heterocycles. The predicted molar refractivity (Wildman–Crippen MR) is 114 cm³/mol. The lowest BCUT2D eigenvalue weighted by Gasteiger charge is -2.32. The van der Waals surface area contributed by atoms with Gasteiger partial charge in [0.2, 0.25) is 0 Å². The fourth-order valence-electron chi connectivity index (χ4n) is 4.48. The largest absolute Gasteiger partial charge is 0.478 e. The van der Waals surface area contributed by atoms with Crippen molar-refractivity contribution in [2.24, 2.45) is 0 Å². The summed E-state index contributed by atoms with van der Waals surface area (Å²) in [6, 6.07) is 0. The normalized spacial score (nSPS) is 23.2. The second-order valence-corrected chi connectivity index (χ2v) is 9.95. The Morgan fingerprint density at radius 1 is 1.26 bits per heavy atom. The van der Waals surface area contributed by atoms with E-state index in [0.717, 1.165) is 53.9 Å². The number of anilines is 1. The molecule has 5 rings (SSSR count). The Bertz CT molecular complexity index is 1100. The Labute approximate surface area is 183 Å². The van der Waals surface area contributed by atoms with E-state index < -0.39 is 5.97 Å². The first-order valence-corrected chi connectivity index (χ1v) is 11.5. The SMILES string of the molecule is COC1(C)CCc2c(sc(NC(=O)C3=C(C(=O)O)CCC3)c2-c2nc(C3CC3)no2)C1. The lowest BCUT2D eigenvalue weighted by Crippen LogP contribution is -2.33. The van der Waals surface area contributed by atoms with Crippen LogP contribution >= 0.6 is 11.3 Å². The zero-order valence-corrected chi connectivity index (χ0v) is 18.4. The fourth-order valence-corrected chi connectivity index (χ4v) is 5.89. The molecule has 9 heteroatoms. The summed E-state index contributed by atoms with van der Waals surface area (Å²) in [5.41, 5.74) is 2.20. The Hall–Kier alpha value is -2.52. The topological polar surface area (TPSA) is 115 Å². The van der Waals surface area contributed by atoms with Gasteiger partial charge in [0.15, 0.2) is 5.82 Å². The van der Waals surface area contributed by atoms with E-state index in [-0.39, 0.29) is 17.1 Å². The zero-order chi connectivity index (χ0) is 21.8. The summed E-state index contributed by atoms with van der Waals surface area (Å²) in [5, 5.41) is 17.2. The molecule has 2 aromatic rings. The number of carboxylic acids is 1. The van der Waals surface area contributed by atoms with Crippen molar-refractivity contribution in [1.82, 2.24) is 10.1 Å². The Kier molecular flexibility index (Phi) is 4.97. The number of amides is 1. The molecule has 2 heterocycles. The first-order valence-electron chi connectivity index (χ1n) is 10.7. The number of nitrogens with zero attached hydrogens (tertiary/aromatic N) is 2. The number of thiophene rings is 1. The molecule has 0 bridgehead atoms. The molecule has 2 N–H and O–H groups in total. The van der Waals surface area contributed by atoms with Crippen LogP contribution in [0.25, 0.3) is 11.5 Å². The quantitative estimate of drug-likeness (QED) is 0.691. The van der Waals surface area contributed by atoms with E-state index in [0.29, 0.717) is 41.6 Å². The summed E-state index contributed by atoms with van der Waals surface area (Å²) < 4.78 is 11.4. The van der Waals surface area contributed by atoms with Crippen molar-refractivity contribution < 1.29 is 24.0 Å². The number of hydrogen-bond acceptors (Lipinski definition) is 7. The summed E-state index contributed by atoms with van der Waals surface area (Å²) in [7, 11) is 1.72. The number of carboxylic acid groups (broad SMARTS) is 1. The van der Waals surface area contributed by atoms with Gasteiger partial charge in [-0.2, -0.15) is 4.98 Å². The first-order chi connectivity index (χ1) is 14.9. The summed E-state index contributed by atoms with van der Waals surface area (Å²) in [6.07, 6.45) is 6.09. The molecule has 1 amide bonds. The van der Waals surface area contributed by atoms with Crippen molar-refractivity contribution in [2.75, 3.05) is 12.4 Å². The van der Waals surface area contributed by atoms with Crippen molar-refractivity contribution in [3.63, 3.8) is 0 Å². The molecular formula is C22H25N3O5S.